The summed E-state index contributed by atoms with van der Waals surface area (Å²) >= 11 is 3.76. The predicted molar refractivity (Wildman–Crippen MR) is 66.2 cm³/mol. The lowest BCUT2D eigenvalue weighted by molar-refractivity contribution is -0.116. The number of benzene rings is 1. The van der Waals surface area contributed by atoms with E-state index in [0.717, 1.165) is 16.9 Å². The van der Waals surface area contributed by atoms with Crippen LogP contribution in [-0.4, -0.2) is 18.2 Å². The number of hydrogen-bond donors (Lipinski definition) is 2. The molecule has 0 spiro atoms. The Morgan fingerprint density at radius 1 is 1.44 bits per heavy atom. The SMILES string of the molecule is CN(C(=O)S)c1ccc2c(c1)CCC(=O)N2. The third-order valence-electron chi connectivity index (χ3n) is 2.66. The second-order valence-electron chi connectivity index (χ2n) is 3.73. The molecular formula is C11H12N2O2S. The van der Waals surface area contributed by atoms with E-state index in [1.165, 1.54) is 4.90 Å². The number of aryl methyl sites for hydroxylation is 1. The summed E-state index contributed by atoms with van der Waals surface area (Å²) in [5.74, 6) is 0.0406. The normalized spacial score (nSPS) is 14.0. The van der Waals surface area contributed by atoms with Crippen LogP contribution in [0.2, 0.25) is 0 Å². The van der Waals surface area contributed by atoms with E-state index in [1.807, 2.05) is 12.1 Å². The Hall–Kier alpha value is -1.49. The van der Waals surface area contributed by atoms with Crippen molar-refractivity contribution in [2.45, 2.75) is 12.8 Å². The highest BCUT2D eigenvalue weighted by molar-refractivity contribution is 7.96. The highest BCUT2D eigenvalue weighted by atomic mass is 32.1. The zero-order chi connectivity index (χ0) is 11.7. The highest BCUT2D eigenvalue weighted by Gasteiger charge is 2.16. The summed E-state index contributed by atoms with van der Waals surface area (Å²) in [5.41, 5.74) is 2.67. The van der Waals surface area contributed by atoms with E-state index in [1.54, 1.807) is 13.1 Å². The summed E-state index contributed by atoms with van der Waals surface area (Å²) in [6, 6.07) is 5.51. The standard InChI is InChI=1S/C11H12N2O2S/c1-13(11(15)16)8-3-4-9-7(6-8)2-5-10(14)12-9/h3-4,6H,2,5H2,1H3,(H,12,14)(H,15,16). The minimum atomic E-state index is -0.306. The van der Waals surface area contributed by atoms with E-state index < -0.39 is 0 Å². The Balaban J connectivity index is 2.33. The number of rotatable bonds is 1. The van der Waals surface area contributed by atoms with E-state index in [0.29, 0.717) is 12.8 Å². The Kier molecular flexibility index (Phi) is 2.87. The third-order valence-corrected chi connectivity index (χ3v) is 2.96. The molecule has 16 heavy (non-hydrogen) atoms. The molecule has 0 aromatic heterocycles. The van der Waals surface area contributed by atoms with E-state index >= 15 is 0 Å². The number of amides is 2. The molecule has 0 unspecified atom stereocenters. The van der Waals surface area contributed by atoms with E-state index in [2.05, 4.69) is 17.9 Å². The molecule has 1 heterocycles. The van der Waals surface area contributed by atoms with Crippen LogP contribution in [-0.2, 0) is 11.2 Å². The molecule has 5 heteroatoms. The molecule has 1 aromatic carbocycles. The van der Waals surface area contributed by atoms with E-state index in [9.17, 15) is 9.59 Å². The van der Waals surface area contributed by atoms with Gasteiger partial charge in [0.1, 0.15) is 0 Å². The number of nitrogens with one attached hydrogen (secondary N) is 1. The van der Waals surface area contributed by atoms with Crippen molar-refractivity contribution in [3.8, 4) is 0 Å². The Morgan fingerprint density at radius 3 is 2.88 bits per heavy atom. The molecule has 2 amide bonds. The Morgan fingerprint density at radius 2 is 2.19 bits per heavy atom. The molecule has 0 saturated carbocycles. The topological polar surface area (TPSA) is 49.4 Å². The van der Waals surface area contributed by atoms with Crippen LogP contribution >= 0.6 is 12.6 Å². The molecule has 1 aromatic rings. The van der Waals surface area contributed by atoms with Gasteiger partial charge in [0, 0.05) is 24.8 Å². The Bertz CT molecular complexity index is 459. The zero-order valence-electron chi connectivity index (χ0n) is 8.86. The van der Waals surface area contributed by atoms with Gasteiger partial charge in [-0.3, -0.25) is 9.59 Å². The fourth-order valence-electron chi connectivity index (χ4n) is 1.69. The van der Waals surface area contributed by atoms with Gasteiger partial charge in [-0.15, -0.1) is 0 Å². The monoisotopic (exact) mass is 236 g/mol. The van der Waals surface area contributed by atoms with Gasteiger partial charge in [0.25, 0.3) is 5.24 Å². The van der Waals surface area contributed by atoms with Gasteiger partial charge in [-0.05, 0) is 30.2 Å². The van der Waals surface area contributed by atoms with Crippen molar-refractivity contribution in [1.82, 2.24) is 0 Å². The summed E-state index contributed by atoms with van der Waals surface area (Å²) in [6.45, 7) is 0. The minimum Gasteiger partial charge on any atom is -0.326 e. The van der Waals surface area contributed by atoms with Crippen LogP contribution < -0.4 is 10.2 Å². The fraction of sp³-hybridized carbons (Fsp3) is 0.273. The number of anilines is 2. The van der Waals surface area contributed by atoms with Crippen LogP contribution in [0, 0.1) is 0 Å². The molecule has 1 N–H and O–H groups in total. The molecule has 1 aliphatic heterocycles. The predicted octanol–water partition coefficient (Wildman–Crippen LogP) is 2.06. The second-order valence-corrected chi connectivity index (χ2v) is 4.11. The summed E-state index contributed by atoms with van der Waals surface area (Å²) in [7, 11) is 1.67. The summed E-state index contributed by atoms with van der Waals surface area (Å²) in [6.07, 6.45) is 1.21. The van der Waals surface area contributed by atoms with Crippen molar-refractivity contribution in [3.63, 3.8) is 0 Å². The van der Waals surface area contributed by atoms with Crippen molar-refractivity contribution in [3.05, 3.63) is 23.8 Å². The molecule has 2 rings (SSSR count). The first kappa shape index (κ1) is 11.0. The van der Waals surface area contributed by atoms with Gasteiger partial charge in [0.2, 0.25) is 5.91 Å². The number of thiol groups is 1. The van der Waals surface area contributed by atoms with Gasteiger partial charge in [-0.25, -0.2) is 0 Å². The smallest absolute Gasteiger partial charge is 0.282 e. The van der Waals surface area contributed by atoms with Gasteiger partial charge in [-0.1, -0.05) is 12.6 Å². The molecule has 0 fully saturated rings. The molecule has 0 bridgehead atoms. The number of fused-ring (bicyclic) bond motifs is 1. The molecule has 0 saturated heterocycles. The van der Waals surface area contributed by atoms with E-state index in [4.69, 9.17) is 0 Å². The average molecular weight is 236 g/mol. The average Bonchev–Trinajstić information content (AvgIpc) is 2.27. The lowest BCUT2D eigenvalue weighted by Gasteiger charge is -2.20. The maximum atomic E-state index is 11.2. The Labute approximate surface area is 99.0 Å². The molecule has 4 nitrogen and oxygen atoms in total. The molecule has 0 radical (unpaired) electrons. The number of carbonyl (C=O) groups is 2. The summed E-state index contributed by atoms with van der Waals surface area (Å²) in [4.78, 5) is 23.7. The van der Waals surface area contributed by atoms with Gasteiger partial charge < -0.3 is 10.2 Å². The minimum absolute atomic E-state index is 0.0406. The zero-order valence-corrected chi connectivity index (χ0v) is 9.75. The molecule has 84 valence electrons. The molecule has 1 aliphatic rings. The van der Waals surface area contributed by atoms with Crippen LogP contribution in [0.5, 0.6) is 0 Å². The maximum Gasteiger partial charge on any atom is 0.282 e. The van der Waals surface area contributed by atoms with Gasteiger partial charge in [-0.2, -0.15) is 0 Å². The van der Waals surface area contributed by atoms with Gasteiger partial charge in [0.05, 0.1) is 0 Å². The van der Waals surface area contributed by atoms with Crippen molar-refractivity contribution in [2.24, 2.45) is 0 Å². The van der Waals surface area contributed by atoms with Crippen LogP contribution in [0.15, 0.2) is 18.2 Å². The highest BCUT2D eigenvalue weighted by Crippen LogP contribution is 2.27. The first-order valence-corrected chi connectivity index (χ1v) is 5.42. The van der Waals surface area contributed by atoms with Crippen LogP contribution in [0.3, 0.4) is 0 Å². The van der Waals surface area contributed by atoms with Gasteiger partial charge >= 0.3 is 0 Å². The summed E-state index contributed by atoms with van der Waals surface area (Å²) in [5, 5.41) is 2.49. The van der Waals surface area contributed by atoms with Crippen molar-refractivity contribution >= 4 is 35.1 Å². The molecular weight excluding hydrogens is 224 g/mol. The number of nitrogens with zero attached hydrogens (tertiary/aromatic N) is 1. The van der Waals surface area contributed by atoms with Crippen molar-refractivity contribution in [1.29, 1.82) is 0 Å². The number of hydrogen-bond acceptors (Lipinski definition) is 2. The van der Waals surface area contributed by atoms with Crippen LogP contribution in [0.4, 0.5) is 16.2 Å². The van der Waals surface area contributed by atoms with Crippen LogP contribution in [0.1, 0.15) is 12.0 Å². The quantitative estimate of drug-likeness (QED) is 0.733. The van der Waals surface area contributed by atoms with Crippen LogP contribution in [0.25, 0.3) is 0 Å². The van der Waals surface area contributed by atoms with Crippen molar-refractivity contribution < 1.29 is 9.59 Å². The fourth-order valence-corrected chi connectivity index (χ4v) is 1.80. The first-order valence-electron chi connectivity index (χ1n) is 4.97. The number of carbonyl (C=O) groups excluding carboxylic acids is 2. The largest absolute Gasteiger partial charge is 0.326 e. The lowest BCUT2D eigenvalue weighted by Crippen LogP contribution is -2.22. The first-order chi connectivity index (χ1) is 7.58. The summed E-state index contributed by atoms with van der Waals surface area (Å²) < 4.78 is 0. The lowest BCUT2D eigenvalue weighted by atomic mass is 10.0. The van der Waals surface area contributed by atoms with Crippen molar-refractivity contribution in [2.75, 3.05) is 17.3 Å². The maximum absolute atomic E-state index is 11.2. The third kappa shape index (κ3) is 2.04. The molecule has 0 atom stereocenters. The van der Waals surface area contributed by atoms with Gasteiger partial charge in [0.15, 0.2) is 0 Å². The second kappa shape index (κ2) is 4.17. The van der Waals surface area contributed by atoms with E-state index in [-0.39, 0.29) is 11.1 Å². The molecule has 0 aliphatic carbocycles.